The molecule has 2 aromatic rings. The number of carboxylic acid groups (broad SMARTS) is 2. The van der Waals surface area contributed by atoms with Crippen LogP contribution in [-0.2, 0) is 6.18 Å². The highest BCUT2D eigenvalue weighted by atomic mass is 19.4. The summed E-state index contributed by atoms with van der Waals surface area (Å²) in [5.41, 5.74) is -3.58. The van der Waals surface area contributed by atoms with Crippen LogP contribution in [0.2, 0.25) is 0 Å². The maximum atomic E-state index is 12.6. The van der Waals surface area contributed by atoms with Crippen molar-refractivity contribution in [2.24, 2.45) is 0 Å². The molecule has 0 radical (unpaired) electrons. The molecule has 0 saturated carbocycles. The van der Waals surface area contributed by atoms with E-state index in [1.165, 1.54) is 0 Å². The van der Waals surface area contributed by atoms with Gasteiger partial charge in [0.2, 0.25) is 0 Å². The first-order valence-corrected chi connectivity index (χ1v) is 5.33. The number of carbonyl (C=O) groups is 2. The average molecular weight is 301 g/mol. The van der Waals surface area contributed by atoms with Gasteiger partial charge in [0.05, 0.1) is 11.1 Å². The number of halogens is 3. The summed E-state index contributed by atoms with van der Waals surface area (Å²) in [4.78, 5) is 25.3. The number of hydrogen-bond acceptors (Lipinski definition) is 4. The molecule has 0 bridgehead atoms. The minimum atomic E-state index is -4.68. The number of hydrogen-bond donors (Lipinski definition) is 3. The van der Waals surface area contributed by atoms with Crippen molar-refractivity contribution >= 4 is 22.8 Å². The van der Waals surface area contributed by atoms with Crippen molar-refractivity contribution in [2.75, 3.05) is 0 Å². The second-order valence-corrected chi connectivity index (χ2v) is 4.02. The number of aromatic nitrogens is 1. The van der Waals surface area contributed by atoms with Gasteiger partial charge in [0.1, 0.15) is 11.3 Å². The average Bonchev–Trinajstić information content (AvgIpc) is 2.36. The van der Waals surface area contributed by atoms with Gasteiger partial charge in [-0.1, -0.05) is 0 Å². The number of aromatic hydroxyl groups is 1. The third-order valence-corrected chi connectivity index (χ3v) is 2.70. The molecule has 0 aliphatic carbocycles. The number of aromatic carboxylic acids is 2. The zero-order chi connectivity index (χ0) is 15.9. The van der Waals surface area contributed by atoms with Crippen molar-refractivity contribution in [2.45, 2.75) is 6.18 Å². The van der Waals surface area contributed by atoms with Crippen molar-refractivity contribution in [1.82, 2.24) is 4.98 Å². The summed E-state index contributed by atoms with van der Waals surface area (Å²) >= 11 is 0. The van der Waals surface area contributed by atoms with Crippen molar-refractivity contribution in [3.63, 3.8) is 0 Å². The maximum absolute atomic E-state index is 12.6. The van der Waals surface area contributed by atoms with E-state index in [0.29, 0.717) is 12.1 Å². The molecule has 2 rings (SSSR count). The van der Waals surface area contributed by atoms with Gasteiger partial charge in [0.15, 0.2) is 5.69 Å². The topological polar surface area (TPSA) is 108 Å². The molecule has 0 spiro atoms. The highest BCUT2D eigenvalue weighted by Crippen LogP contribution is 2.35. The summed E-state index contributed by atoms with van der Waals surface area (Å²) in [5.74, 6) is -4.47. The fourth-order valence-corrected chi connectivity index (χ4v) is 1.78. The molecular formula is C12H6F3NO5. The van der Waals surface area contributed by atoms with Crippen LogP contribution in [0.4, 0.5) is 13.2 Å². The van der Waals surface area contributed by atoms with Gasteiger partial charge in [-0.3, -0.25) is 0 Å². The van der Waals surface area contributed by atoms with E-state index in [2.05, 4.69) is 4.98 Å². The van der Waals surface area contributed by atoms with Gasteiger partial charge in [-0.2, -0.15) is 13.2 Å². The SMILES string of the molecule is O=C(O)c1nc2cc(C(F)(F)F)ccc2c(O)c1C(=O)O. The van der Waals surface area contributed by atoms with Crippen molar-refractivity contribution in [3.8, 4) is 5.75 Å². The zero-order valence-electron chi connectivity index (χ0n) is 9.97. The number of alkyl halides is 3. The van der Waals surface area contributed by atoms with Gasteiger partial charge in [-0.25, -0.2) is 14.6 Å². The fourth-order valence-electron chi connectivity index (χ4n) is 1.78. The Kier molecular flexibility index (Phi) is 3.20. The smallest absolute Gasteiger partial charge is 0.416 e. The Bertz CT molecular complexity index is 770. The lowest BCUT2D eigenvalue weighted by molar-refractivity contribution is -0.137. The Morgan fingerprint density at radius 2 is 1.71 bits per heavy atom. The molecule has 110 valence electrons. The molecule has 9 heteroatoms. The molecule has 0 amide bonds. The molecular weight excluding hydrogens is 295 g/mol. The summed E-state index contributed by atoms with van der Waals surface area (Å²) in [6.45, 7) is 0. The van der Waals surface area contributed by atoms with Crippen LogP contribution < -0.4 is 0 Å². The van der Waals surface area contributed by atoms with Crippen LogP contribution in [0.5, 0.6) is 5.75 Å². The van der Waals surface area contributed by atoms with Crippen molar-refractivity contribution in [1.29, 1.82) is 0 Å². The normalized spacial score (nSPS) is 11.6. The van der Waals surface area contributed by atoms with E-state index in [9.17, 15) is 27.9 Å². The Labute approximate surface area is 114 Å². The number of carboxylic acids is 2. The summed E-state index contributed by atoms with van der Waals surface area (Å²) in [7, 11) is 0. The van der Waals surface area contributed by atoms with E-state index in [1.54, 1.807) is 0 Å². The second kappa shape index (κ2) is 4.62. The predicted molar refractivity (Wildman–Crippen MR) is 62.3 cm³/mol. The Balaban J connectivity index is 2.86. The molecule has 0 aliphatic heterocycles. The van der Waals surface area contributed by atoms with Crippen LogP contribution in [0.1, 0.15) is 26.4 Å². The highest BCUT2D eigenvalue weighted by Gasteiger charge is 2.32. The van der Waals surface area contributed by atoms with Crippen LogP contribution in [0.25, 0.3) is 10.9 Å². The molecule has 1 heterocycles. The van der Waals surface area contributed by atoms with E-state index in [0.717, 1.165) is 6.07 Å². The molecule has 0 unspecified atom stereocenters. The molecule has 0 fully saturated rings. The molecule has 1 aromatic heterocycles. The molecule has 0 aliphatic rings. The quantitative estimate of drug-likeness (QED) is 0.786. The van der Waals surface area contributed by atoms with Gasteiger partial charge < -0.3 is 15.3 Å². The third-order valence-electron chi connectivity index (χ3n) is 2.70. The van der Waals surface area contributed by atoms with Crippen LogP contribution in [0.15, 0.2) is 18.2 Å². The molecule has 0 atom stereocenters. The van der Waals surface area contributed by atoms with E-state index >= 15 is 0 Å². The molecule has 6 nitrogen and oxygen atoms in total. The summed E-state index contributed by atoms with van der Waals surface area (Å²) in [5, 5.41) is 27.3. The summed E-state index contributed by atoms with van der Waals surface area (Å²) < 4.78 is 37.7. The Morgan fingerprint density at radius 3 is 2.19 bits per heavy atom. The fraction of sp³-hybridized carbons (Fsp3) is 0.0833. The zero-order valence-corrected chi connectivity index (χ0v) is 9.97. The van der Waals surface area contributed by atoms with Gasteiger partial charge in [0, 0.05) is 5.39 Å². The third kappa shape index (κ3) is 2.45. The van der Waals surface area contributed by atoms with Crippen molar-refractivity contribution in [3.05, 3.63) is 35.0 Å². The number of fused-ring (bicyclic) bond motifs is 1. The number of nitrogens with zero attached hydrogens (tertiary/aromatic N) is 1. The van der Waals surface area contributed by atoms with Crippen LogP contribution in [0.3, 0.4) is 0 Å². The van der Waals surface area contributed by atoms with E-state index in [1.807, 2.05) is 0 Å². The lowest BCUT2D eigenvalue weighted by atomic mass is 10.0. The van der Waals surface area contributed by atoms with E-state index < -0.39 is 46.2 Å². The standard InChI is InChI=1S/C12H6F3NO5/c13-12(14,15)4-1-2-5-6(3-4)16-8(11(20)21)7(9(5)17)10(18)19/h1-3H,(H,16,17)(H,18,19)(H,20,21). The summed E-state index contributed by atoms with van der Waals surface area (Å²) in [6, 6.07) is 2.00. The van der Waals surface area contributed by atoms with Gasteiger partial charge >= 0.3 is 18.1 Å². The highest BCUT2D eigenvalue weighted by molar-refractivity contribution is 6.07. The first-order valence-electron chi connectivity index (χ1n) is 5.33. The Morgan fingerprint density at radius 1 is 1.10 bits per heavy atom. The van der Waals surface area contributed by atoms with Gasteiger partial charge in [-0.05, 0) is 18.2 Å². The number of pyridine rings is 1. The van der Waals surface area contributed by atoms with Gasteiger partial charge in [-0.15, -0.1) is 0 Å². The monoisotopic (exact) mass is 301 g/mol. The lowest BCUT2D eigenvalue weighted by Gasteiger charge is -2.10. The maximum Gasteiger partial charge on any atom is 0.416 e. The van der Waals surface area contributed by atoms with E-state index in [4.69, 9.17) is 10.2 Å². The molecule has 3 N–H and O–H groups in total. The van der Waals surface area contributed by atoms with E-state index in [-0.39, 0.29) is 5.39 Å². The lowest BCUT2D eigenvalue weighted by Crippen LogP contribution is -2.12. The van der Waals surface area contributed by atoms with Crippen molar-refractivity contribution < 1.29 is 38.1 Å². The minimum Gasteiger partial charge on any atom is -0.506 e. The largest absolute Gasteiger partial charge is 0.506 e. The van der Waals surface area contributed by atoms with Crippen LogP contribution >= 0.6 is 0 Å². The number of benzene rings is 1. The molecule has 0 saturated heterocycles. The van der Waals surface area contributed by atoms with Gasteiger partial charge in [0.25, 0.3) is 0 Å². The second-order valence-electron chi connectivity index (χ2n) is 4.02. The molecule has 1 aromatic carbocycles. The predicted octanol–water partition coefficient (Wildman–Crippen LogP) is 2.36. The first kappa shape index (κ1) is 14.6. The Hall–Kier alpha value is -2.84. The summed E-state index contributed by atoms with van der Waals surface area (Å²) in [6.07, 6.45) is -4.68. The van der Waals surface area contributed by atoms with Crippen LogP contribution in [-0.4, -0.2) is 32.2 Å². The number of rotatable bonds is 2. The minimum absolute atomic E-state index is 0.287. The first-order chi connectivity index (χ1) is 9.62. The van der Waals surface area contributed by atoms with Crippen LogP contribution in [0, 0.1) is 0 Å². The molecule has 21 heavy (non-hydrogen) atoms.